The second-order valence-corrected chi connectivity index (χ2v) is 10.4. The van der Waals surface area contributed by atoms with Crippen molar-refractivity contribution in [1.82, 2.24) is 10.3 Å². The van der Waals surface area contributed by atoms with Crippen molar-refractivity contribution in [3.8, 4) is 5.75 Å². The van der Waals surface area contributed by atoms with E-state index in [0.717, 1.165) is 69.3 Å². The van der Waals surface area contributed by atoms with Crippen LogP contribution in [0.5, 0.6) is 5.75 Å². The van der Waals surface area contributed by atoms with Crippen LogP contribution in [0.4, 0.5) is 0 Å². The third-order valence-electron chi connectivity index (χ3n) is 7.15. The Kier molecular flexibility index (Phi) is 6.72. The van der Waals surface area contributed by atoms with Crippen molar-refractivity contribution < 1.29 is 14.6 Å². The highest BCUT2D eigenvalue weighted by molar-refractivity contribution is 9.10. The highest BCUT2D eigenvalue weighted by Crippen LogP contribution is 2.44. The van der Waals surface area contributed by atoms with Gasteiger partial charge in [0.2, 0.25) is 0 Å². The Morgan fingerprint density at radius 2 is 1.88 bits per heavy atom. The minimum Gasteiger partial charge on any atom is -0.492 e. The van der Waals surface area contributed by atoms with E-state index in [-0.39, 0.29) is 11.2 Å². The molecule has 1 aromatic heterocycles. The molecule has 1 aliphatic rings. The summed E-state index contributed by atoms with van der Waals surface area (Å²) in [5.74, 6) is 0.817. The predicted molar refractivity (Wildman–Crippen MR) is 137 cm³/mol. The van der Waals surface area contributed by atoms with Gasteiger partial charge in [0, 0.05) is 38.6 Å². The van der Waals surface area contributed by atoms with Crippen LogP contribution >= 0.6 is 15.9 Å². The average Bonchev–Trinajstić information content (AvgIpc) is 3.19. The van der Waals surface area contributed by atoms with Gasteiger partial charge in [-0.25, -0.2) is 0 Å². The molecule has 2 aromatic carbocycles. The lowest BCUT2D eigenvalue weighted by Gasteiger charge is -2.32. The zero-order chi connectivity index (χ0) is 23.8. The van der Waals surface area contributed by atoms with Crippen molar-refractivity contribution >= 4 is 32.6 Å². The molecule has 0 spiro atoms. The molecule has 1 heterocycles. The van der Waals surface area contributed by atoms with Crippen LogP contribution in [0, 0.1) is 0 Å². The number of carbonyl (C=O) groups is 1. The number of carbonyl (C=O) groups excluding carboxylic acids is 1. The normalized spacial score (nSPS) is 14.9. The Labute approximate surface area is 204 Å². The molecule has 0 radical (unpaired) electrons. The summed E-state index contributed by atoms with van der Waals surface area (Å²) in [6.07, 6.45) is 2.26. The molecule has 0 atom stereocenters. The van der Waals surface area contributed by atoms with Crippen LogP contribution < -0.4 is 10.1 Å². The molecule has 3 aromatic rings. The molecule has 0 aliphatic heterocycles. The molecule has 6 heteroatoms. The fourth-order valence-electron chi connectivity index (χ4n) is 4.76. The van der Waals surface area contributed by atoms with E-state index in [2.05, 4.69) is 40.1 Å². The lowest BCUT2D eigenvalue weighted by Crippen LogP contribution is -2.33. The van der Waals surface area contributed by atoms with Crippen molar-refractivity contribution in [2.75, 3.05) is 19.7 Å². The number of rotatable bonds is 9. The summed E-state index contributed by atoms with van der Waals surface area (Å²) in [7, 11) is 0. The largest absolute Gasteiger partial charge is 0.492 e. The number of hydrogen-bond acceptors (Lipinski definition) is 4. The van der Waals surface area contributed by atoms with E-state index < -0.39 is 5.60 Å². The molecule has 0 fully saturated rings. The summed E-state index contributed by atoms with van der Waals surface area (Å²) in [6, 6.07) is 11.8. The quantitative estimate of drug-likeness (QED) is 0.321. The topological polar surface area (TPSA) is 74.3 Å². The molecular formula is C27H33BrN2O3. The summed E-state index contributed by atoms with van der Waals surface area (Å²) in [6.45, 7) is 10.3. The molecular weight excluding hydrogens is 480 g/mol. The summed E-state index contributed by atoms with van der Waals surface area (Å²) < 4.78 is 6.98. The van der Waals surface area contributed by atoms with Gasteiger partial charge in [-0.3, -0.25) is 4.79 Å². The van der Waals surface area contributed by atoms with Crippen molar-refractivity contribution in [3.05, 3.63) is 63.3 Å². The number of ether oxygens (including phenoxy) is 1. The van der Waals surface area contributed by atoms with E-state index in [9.17, 15) is 9.90 Å². The number of nitrogens with one attached hydrogen (secondary N) is 2. The number of aromatic nitrogens is 1. The van der Waals surface area contributed by atoms with Crippen LogP contribution in [0.2, 0.25) is 0 Å². The maximum absolute atomic E-state index is 13.4. The molecule has 0 unspecified atom stereocenters. The summed E-state index contributed by atoms with van der Waals surface area (Å²) in [4.78, 5) is 16.9. The molecule has 0 amide bonds. The van der Waals surface area contributed by atoms with Gasteiger partial charge in [-0.15, -0.1) is 0 Å². The Morgan fingerprint density at radius 1 is 1.12 bits per heavy atom. The number of H-pyrrole nitrogens is 1. The molecule has 5 nitrogen and oxygen atoms in total. The number of ketones is 1. The van der Waals surface area contributed by atoms with Crippen LogP contribution in [0.1, 0.15) is 74.1 Å². The number of halogens is 1. The van der Waals surface area contributed by atoms with E-state index in [1.54, 1.807) is 0 Å². The number of aliphatic hydroxyl groups is 1. The zero-order valence-electron chi connectivity index (χ0n) is 19.8. The smallest absolute Gasteiger partial charge is 0.195 e. The van der Waals surface area contributed by atoms with Crippen molar-refractivity contribution in [2.45, 2.75) is 58.0 Å². The first-order valence-electron chi connectivity index (χ1n) is 11.8. The van der Waals surface area contributed by atoms with Crippen LogP contribution in [0.15, 0.2) is 40.9 Å². The minimum atomic E-state index is -0.581. The second kappa shape index (κ2) is 9.24. The lowest BCUT2D eigenvalue weighted by molar-refractivity contribution is 0.0239. The maximum atomic E-state index is 13.4. The minimum absolute atomic E-state index is 0.0560. The number of benzene rings is 2. The molecule has 4 rings (SSSR count). The highest BCUT2D eigenvalue weighted by Gasteiger charge is 2.39. The monoisotopic (exact) mass is 512 g/mol. The third-order valence-corrected chi connectivity index (χ3v) is 7.65. The molecule has 33 heavy (non-hydrogen) atoms. The molecule has 3 N–H and O–H groups in total. The van der Waals surface area contributed by atoms with Crippen molar-refractivity contribution in [1.29, 1.82) is 0 Å². The SMILES string of the molecule is CCC(O)(CC)CCNCCOc1ccc2c(c1)C(C)(C)c1[nH]c3cc(Br)ccc3c1C2=O. The Balaban J connectivity index is 1.47. The van der Waals surface area contributed by atoms with E-state index in [0.29, 0.717) is 13.2 Å². The summed E-state index contributed by atoms with van der Waals surface area (Å²) in [5, 5.41) is 14.7. The lowest BCUT2D eigenvalue weighted by atomic mass is 9.71. The summed E-state index contributed by atoms with van der Waals surface area (Å²) >= 11 is 3.52. The Morgan fingerprint density at radius 3 is 2.61 bits per heavy atom. The molecule has 0 saturated heterocycles. The maximum Gasteiger partial charge on any atom is 0.195 e. The van der Waals surface area contributed by atoms with Crippen molar-refractivity contribution in [2.24, 2.45) is 0 Å². The van der Waals surface area contributed by atoms with Gasteiger partial charge in [0.15, 0.2) is 5.78 Å². The Bertz CT molecular complexity index is 1180. The molecule has 0 saturated carbocycles. The first-order chi connectivity index (χ1) is 15.7. The second-order valence-electron chi connectivity index (χ2n) is 9.51. The van der Waals surface area contributed by atoms with Gasteiger partial charge < -0.3 is 20.1 Å². The summed E-state index contributed by atoms with van der Waals surface area (Å²) in [5.41, 5.74) is 3.46. The molecule has 176 valence electrons. The number of hydrogen-bond donors (Lipinski definition) is 3. The van der Waals surface area contributed by atoms with Crippen LogP contribution in [-0.4, -0.2) is 41.2 Å². The highest BCUT2D eigenvalue weighted by atomic mass is 79.9. The van der Waals surface area contributed by atoms with Crippen LogP contribution in [0.25, 0.3) is 10.9 Å². The average molecular weight is 513 g/mol. The first kappa shape index (κ1) is 24.0. The third kappa shape index (κ3) is 4.48. The van der Waals surface area contributed by atoms with E-state index >= 15 is 0 Å². The fourth-order valence-corrected chi connectivity index (χ4v) is 5.12. The van der Waals surface area contributed by atoms with Gasteiger partial charge >= 0.3 is 0 Å². The first-order valence-corrected chi connectivity index (χ1v) is 12.6. The van der Waals surface area contributed by atoms with Gasteiger partial charge in [0.05, 0.1) is 11.2 Å². The molecule has 0 bridgehead atoms. The molecule has 1 aliphatic carbocycles. The van der Waals surface area contributed by atoms with Gasteiger partial charge in [-0.1, -0.05) is 49.7 Å². The van der Waals surface area contributed by atoms with Gasteiger partial charge in [-0.2, -0.15) is 0 Å². The van der Waals surface area contributed by atoms with Gasteiger partial charge in [0.1, 0.15) is 12.4 Å². The van der Waals surface area contributed by atoms with Crippen LogP contribution in [0.3, 0.4) is 0 Å². The van der Waals surface area contributed by atoms with Gasteiger partial charge in [-0.05, 0) is 61.7 Å². The van der Waals surface area contributed by atoms with E-state index in [4.69, 9.17) is 4.74 Å². The van der Waals surface area contributed by atoms with Crippen molar-refractivity contribution in [3.63, 3.8) is 0 Å². The predicted octanol–water partition coefficient (Wildman–Crippen LogP) is 5.71. The van der Waals surface area contributed by atoms with E-state index in [1.165, 1.54) is 0 Å². The van der Waals surface area contributed by atoms with Crippen LogP contribution in [-0.2, 0) is 5.41 Å². The van der Waals surface area contributed by atoms with Gasteiger partial charge in [0.25, 0.3) is 0 Å². The number of fused-ring (bicyclic) bond motifs is 4. The standard InChI is InChI=1S/C27H33BrN2O3/c1-5-27(32,6-2)11-12-29-13-14-33-18-8-10-19-21(16-18)26(3,4)25-23(24(19)31)20-9-7-17(28)15-22(20)30-25/h7-10,15-16,29-30,32H,5-6,11-14H2,1-4H3. The van der Waals surface area contributed by atoms with E-state index in [1.807, 2.05) is 50.2 Å². The Hall–Kier alpha value is -2.15. The zero-order valence-corrected chi connectivity index (χ0v) is 21.4. The number of aromatic amines is 1. The fraction of sp³-hybridized carbons (Fsp3) is 0.444.